The van der Waals surface area contributed by atoms with Crippen molar-refractivity contribution in [2.75, 3.05) is 5.75 Å². The molecule has 5 heteroatoms. The molecule has 0 saturated heterocycles. The Morgan fingerprint density at radius 2 is 2.11 bits per heavy atom. The SMILES string of the molecule is Cc1ccc(C(=O)CSc2n[nH]c(C)n2)c(C)c1. The zero-order chi connectivity index (χ0) is 13.1. The largest absolute Gasteiger partial charge is 0.293 e. The van der Waals surface area contributed by atoms with Crippen LogP contribution in [0.2, 0.25) is 0 Å². The zero-order valence-corrected chi connectivity index (χ0v) is 11.5. The molecule has 2 aromatic rings. The lowest BCUT2D eigenvalue weighted by molar-refractivity contribution is 0.102. The number of ketones is 1. The Morgan fingerprint density at radius 1 is 1.33 bits per heavy atom. The van der Waals surface area contributed by atoms with Crippen molar-refractivity contribution in [2.24, 2.45) is 0 Å². The van der Waals surface area contributed by atoms with Gasteiger partial charge in [0.15, 0.2) is 5.78 Å². The van der Waals surface area contributed by atoms with E-state index in [0.29, 0.717) is 10.9 Å². The van der Waals surface area contributed by atoms with Crippen molar-refractivity contribution in [1.29, 1.82) is 0 Å². The number of Topliss-reactive ketones (excluding diaryl/α,β-unsaturated/α-hetero) is 1. The van der Waals surface area contributed by atoms with Crippen LogP contribution in [-0.2, 0) is 0 Å². The molecule has 0 atom stereocenters. The number of hydrogen-bond donors (Lipinski definition) is 1. The van der Waals surface area contributed by atoms with Gasteiger partial charge in [0, 0.05) is 5.56 Å². The first-order valence-electron chi connectivity index (χ1n) is 5.68. The minimum Gasteiger partial charge on any atom is -0.293 e. The molecule has 1 heterocycles. The maximum Gasteiger partial charge on any atom is 0.208 e. The van der Waals surface area contributed by atoms with Crippen LogP contribution in [-0.4, -0.2) is 26.7 Å². The van der Waals surface area contributed by atoms with Gasteiger partial charge in [0.05, 0.1) is 5.75 Å². The molecule has 0 fully saturated rings. The molecule has 94 valence electrons. The summed E-state index contributed by atoms with van der Waals surface area (Å²) in [4.78, 5) is 16.2. The molecule has 0 saturated carbocycles. The van der Waals surface area contributed by atoms with Gasteiger partial charge < -0.3 is 0 Å². The van der Waals surface area contributed by atoms with Gasteiger partial charge in [-0.1, -0.05) is 35.5 Å². The number of rotatable bonds is 4. The number of benzene rings is 1. The average molecular weight is 261 g/mol. The van der Waals surface area contributed by atoms with Gasteiger partial charge in [0.2, 0.25) is 5.16 Å². The van der Waals surface area contributed by atoms with E-state index in [4.69, 9.17) is 0 Å². The van der Waals surface area contributed by atoms with Gasteiger partial charge in [-0.3, -0.25) is 9.89 Å². The second kappa shape index (κ2) is 5.35. The van der Waals surface area contributed by atoms with Crippen molar-refractivity contribution in [3.05, 3.63) is 40.7 Å². The Bertz CT molecular complexity index is 577. The minimum absolute atomic E-state index is 0.111. The van der Waals surface area contributed by atoms with Gasteiger partial charge >= 0.3 is 0 Å². The van der Waals surface area contributed by atoms with E-state index in [9.17, 15) is 4.79 Å². The Kier molecular flexibility index (Phi) is 3.81. The highest BCUT2D eigenvalue weighted by atomic mass is 32.2. The molecule has 0 bridgehead atoms. The molecule has 2 rings (SSSR count). The summed E-state index contributed by atoms with van der Waals surface area (Å²) in [7, 11) is 0. The van der Waals surface area contributed by atoms with Crippen LogP contribution < -0.4 is 0 Å². The summed E-state index contributed by atoms with van der Waals surface area (Å²) in [5, 5.41) is 7.37. The predicted octanol–water partition coefficient (Wildman–Crippen LogP) is 2.70. The fourth-order valence-corrected chi connectivity index (χ4v) is 2.45. The lowest BCUT2D eigenvalue weighted by Gasteiger charge is -2.04. The average Bonchev–Trinajstić information content (AvgIpc) is 2.72. The Hall–Kier alpha value is -1.62. The molecule has 1 aromatic carbocycles. The van der Waals surface area contributed by atoms with Crippen LogP contribution in [0.3, 0.4) is 0 Å². The van der Waals surface area contributed by atoms with E-state index < -0.39 is 0 Å². The summed E-state index contributed by atoms with van der Waals surface area (Å²) in [5.74, 6) is 1.23. The highest BCUT2D eigenvalue weighted by Crippen LogP contribution is 2.17. The number of nitrogens with zero attached hydrogens (tertiary/aromatic N) is 2. The van der Waals surface area contributed by atoms with E-state index in [1.165, 1.54) is 17.3 Å². The number of nitrogens with one attached hydrogen (secondary N) is 1. The van der Waals surface area contributed by atoms with Gasteiger partial charge in [-0.2, -0.15) is 0 Å². The van der Waals surface area contributed by atoms with E-state index in [2.05, 4.69) is 15.2 Å². The van der Waals surface area contributed by atoms with Gasteiger partial charge in [0.1, 0.15) is 5.82 Å². The third-order valence-corrected chi connectivity index (χ3v) is 3.44. The van der Waals surface area contributed by atoms with E-state index in [1.54, 1.807) is 0 Å². The lowest BCUT2D eigenvalue weighted by Crippen LogP contribution is -2.05. The quantitative estimate of drug-likeness (QED) is 0.679. The molecule has 4 nitrogen and oxygen atoms in total. The van der Waals surface area contributed by atoms with Crippen LogP contribution in [0.5, 0.6) is 0 Å². The van der Waals surface area contributed by atoms with Crippen LogP contribution in [0.4, 0.5) is 0 Å². The molecule has 0 aliphatic rings. The van der Waals surface area contributed by atoms with Gasteiger partial charge in [-0.15, -0.1) is 5.10 Å². The first-order valence-corrected chi connectivity index (χ1v) is 6.67. The van der Waals surface area contributed by atoms with Gasteiger partial charge in [0.25, 0.3) is 0 Å². The summed E-state index contributed by atoms with van der Waals surface area (Å²) in [6.45, 7) is 5.82. The highest BCUT2D eigenvalue weighted by Gasteiger charge is 2.11. The number of hydrogen-bond acceptors (Lipinski definition) is 4. The van der Waals surface area contributed by atoms with Crippen molar-refractivity contribution in [2.45, 2.75) is 25.9 Å². The Morgan fingerprint density at radius 3 is 2.72 bits per heavy atom. The number of carbonyl (C=O) groups excluding carboxylic acids is 1. The minimum atomic E-state index is 0.111. The van der Waals surface area contributed by atoms with E-state index in [0.717, 1.165) is 17.0 Å². The van der Waals surface area contributed by atoms with Crippen LogP contribution in [0, 0.1) is 20.8 Å². The molecule has 0 radical (unpaired) electrons. The topological polar surface area (TPSA) is 58.6 Å². The van der Waals surface area contributed by atoms with Crippen molar-refractivity contribution in [1.82, 2.24) is 15.2 Å². The fraction of sp³-hybridized carbons (Fsp3) is 0.308. The third kappa shape index (κ3) is 2.98. The van der Waals surface area contributed by atoms with E-state index >= 15 is 0 Å². The first-order chi connectivity index (χ1) is 8.56. The number of aromatic nitrogens is 3. The van der Waals surface area contributed by atoms with E-state index in [-0.39, 0.29) is 5.78 Å². The maximum atomic E-state index is 12.1. The fourth-order valence-electron chi connectivity index (χ4n) is 1.72. The van der Waals surface area contributed by atoms with Crippen molar-refractivity contribution >= 4 is 17.5 Å². The molecular formula is C13H15N3OS. The smallest absolute Gasteiger partial charge is 0.208 e. The molecule has 1 aromatic heterocycles. The zero-order valence-electron chi connectivity index (χ0n) is 10.7. The predicted molar refractivity (Wildman–Crippen MR) is 72.1 cm³/mol. The van der Waals surface area contributed by atoms with Gasteiger partial charge in [-0.25, -0.2) is 4.98 Å². The molecule has 0 unspecified atom stereocenters. The standard InChI is InChI=1S/C13H15N3OS/c1-8-4-5-11(9(2)6-8)12(17)7-18-13-14-10(3)15-16-13/h4-6H,7H2,1-3H3,(H,14,15,16). The number of H-pyrrole nitrogens is 1. The van der Waals surface area contributed by atoms with Crippen molar-refractivity contribution < 1.29 is 4.79 Å². The van der Waals surface area contributed by atoms with Crippen LogP contribution in [0.15, 0.2) is 23.4 Å². The molecule has 0 spiro atoms. The maximum absolute atomic E-state index is 12.1. The lowest BCUT2D eigenvalue weighted by atomic mass is 10.0. The molecule has 0 amide bonds. The van der Waals surface area contributed by atoms with Crippen molar-refractivity contribution in [3.8, 4) is 0 Å². The van der Waals surface area contributed by atoms with E-state index in [1.807, 2.05) is 39.0 Å². The Balaban J connectivity index is 2.03. The summed E-state index contributed by atoms with van der Waals surface area (Å²) in [6.07, 6.45) is 0. The van der Waals surface area contributed by atoms with Gasteiger partial charge in [-0.05, 0) is 26.3 Å². The number of aromatic amines is 1. The first kappa shape index (κ1) is 12.8. The number of carbonyl (C=O) groups is 1. The summed E-state index contributed by atoms with van der Waals surface area (Å²) >= 11 is 1.35. The second-order valence-corrected chi connectivity index (χ2v) is 5.18. The molecular weight excluding hydrogens is 246 g/mol. The number of thioether (sulfide) groups is 1. The van der Waals surface area contributed by atoms with Crippen LogP contribution in [0.1, 0.15) is 27.3 Å². The molecule has 18 heavy (non-hydrogen) atoms. The second-order valence-electron chi connectivity index (χ2n) is 4.23. The third-order valence-electron chi connectivity index (χ3n) is 2.59. The summed E-state index contributed by atoms with van der Waals surface area (Å²) in [6, 6.07) is 5.87. The van der Waals surface area contributed by atoms with Crippen molar-refractivity contribution in [3.63, 3.8) is 0 Å². The summed E-state index contributed by atoms with van der Waals surface area (Å²) < 4.78 is 0. The Labute approximate surface area is 110 Å². The summed E-state index contributed by atoms with van der Waals surface area (Å²) in [5.41, 5.74) is 2.97. The molecule has 1 N–H and O–H groups in total. The number of aryl methyl sites for hydroxylation is 3. The normalized spacial score (nSPS) is 10.6. The molecule has 0 aliphatic carbocycles. The monoisotopic (exact) mass is 261 g/mol. The molecule has 0 aliphatic heterocycles. The highest BCUT2D eigenvalue weighted by molar-refractivity contribution is 7.99. The van der Waals surface area contributed by atoms with Crippen LogP contribution >= 0.6 is 11.8 Å². The van der Waals surface area contributed by atoms with Crippen LogP contribution in [0.25, 0.3) is 0 Å².